The zero-order chi connectivity index (χ0) is 21.4. The lowest BCUT2D eigenvalue weighted by atomic mass is 9.83. The summed E-state index contributed by atoms with van der Waals surface area (Å²) in [6.07, 6.45) is 8.52. The molecule has 0 radical (unpaired) electrons. The Kier molecular flexibility index (Phi) is 6.82. The summed E-state index contributed by atoms with van der Waals surface area (Å²) in [4.78, 5) is 31.5. The van der Waals surface area contributed by atoms with E-state index in [1.165, 1.54) is 12.1 Å². The maximum atomic E-state index is 12.7. The van der Waals surface area contributed by atoms with Crippen molar-refractivity contribution in [3.05, 3.63) is 100 Å². The molecule has 3 rings (SSSR count). The Bertz CT molecular complexity index is 981. The largest absolute Gasteiger partial charge is 0.368 e. The van der Waals surface area contributed by atoms with Gasteiger partial charge in [-0.05, 0) is 60.2 Å². The van der Waals surface area contributed by atoms with E-state index in [2.05, 4.69) is 15.3 Å². The lowest BCUT2D eigenvalue weighted by Gasteiger charge is -2.33. The average molecular weight is 405 g/mol. The first-order valence-electron chi connectivity index (χ1n) is 9.59. The molecule has 1 unspecified atom stereocenters. The number of benzene rings is 1. The molecule has 0 saturated heterocycles. The van der Waals surface area contributed by atoms with Gasteiger partial charge in [0.1, 0.15) is 5.54 Å². The molecule has 3 aromatic rings. The lowest BCUT2D eigenvalue weighted by Crippen LogP contribution is -2.53. The fourth-order valence-corrected chi connectivity index (χ4v) is 3.40. The molecule has 0 aliphatic carbocycles. The molecule has 3 N–H and O–H groups in total. The summed E-state index contributed by atoms with van der Waals surface area (Å²) in [6, 6.07) is 13.5. The van der Waals surface area contributed by atoms with Crippen LogP contribution in [0.1, 0.15) is 23.1 Å². The van der Waals surface area contributed by atoms with Gasteiger partial charge in [-0.2, -0.15) is 0 Å². The highest BCUT2D eigenvalue weighted by molar-refractivity contribution is 5.86. The van der Waals surface area contributed by atoms with Crippen LogP contribution >= 0.6 is 0 Å². The first-order chi connectivity index (χ1) is 14.5. The highest BCUT2D eigenvalue weighted by Gasteiger charge is 2.38. The van der Waals surface area contributed by atoms with Crippen molar-refractivity contribution in [1.82, 2.24) is 15.3 Å². The van der Waals surface area contributed by atoms with E-state index in [1.54, 1.807) is 36.9 Å². The van der Waals surface area contributed by atoms with Crippen molar-refractivity contribution in [3.63, 3.8) is 0 Å². The molecule has 0 saturated carbocycles. The monoisotopic (exact) mass is 405 g/mol. The number of nitro benzene ring substituents is 1. The van der Waals surface area contributed by atoms with E-state index in [0.29, 0.717) is 31.4 Å². The minimum atomic E-state index is -1.17. The van der Waals surface area contributed by atoms with E-state index in [-0.39, 0.29) is 5.69 Å². The molecule has 1 amide bonds. The molecule has 8 heteroatoms. The predicted octanol–water partition coefficient (Wildman–Crippen LogP) is 2.53. The molecule has 2 heterocycles. The van der Waals surface area contributed by atoms with Crippen LogP contribution in [0.2, 0.25) is 0 Å². The standard InChI is InChI=1S/C22H23N5O3/c23-21(28)22(11-9-17-3-1-12-24-15-17,19-5-7-20(8-6-19)27(29)30)26-14-10-18-4-2-13-25-16-18/h1-8,12-13,15-16,26H,9-11,14H2,(H2,23,28). The number of nitrogens with one attached hydrogen (secondary N) is 1. The van der Waals surface area contributed by atoms with Crippen LogP contribution in [-0.4, -0.2) is 27.3 Å². The predicted molar refractivity (Wildman–Crippen MR) is 112 cm³/mol. The number of rotatable bonds is 10. The Morgan fingerprint density at radius 3 is 2.10 bits per heavy atom. The highest BCUT2D eigenvalue weighted by atomic mass is 16.6. The number of carbonyl (C=O) groups excluding carboxylic acids is 1. The van der Waals surface area contributed by atoms with Gasteiger partial charge in [0.05, 0.1) is 4.92 Å². The van der Waals surface area contributed by atoms with Gasteiger partial charge in [0, 0.05) is 43.5 Å². The highest BCUT2D eigenvalue weighted by Crippen LogP contribution is 2.29. The maximum Gasteiger partial charge on any atom is 0.269 e. The summed E-state index contributed by atoms with van der Waals surface area (Å²) in [7, 11) is 0. The van der Waals surface area contributed by atoms with Gasteiger partial charge in [0.25, 0.3) is 5.69 Å². The molecular formula is C22H23N5O3. The number of aromatic nitrogens is 2. The van der Waals surface area contributed by atoms with E-state index < -0.39 is 16.4 Å². The second-order valence-corrected chi connectivity index (χ2v) is 6.97. The Morgan fingerprint density at radius 1 is 1.00 bits per heavy atom. The quantitative estimate of drug-likeness (QED) is 0.394. The molecule has 0 bridgehead atoms. The molecule has 0 fully saturated rings. The summed E-state index contributed by atoms with van der Waals surface area (Å²) in [5.74, 6) is -0.536. The summed E-state index contributed by atoms with van der Waals surface area (Å²) in [5.41, 5.74) is 7.26. The van der Waals surface area contributed by atoms with Crippen LogP contribution in [0.25, 0.3) is 0 Å². The fraction of sp³-hybridized carbons (Fsp3) is 0.227. The van der Waals surface area contributed by atoms with Crippen molar-refractivity contribution in [3.8, 4) is 0 Å². The number of carbonyl (C=O) groups is 1. The van der Waals surface area contributed by atoms with Crippen LogP contribution in [0.3, 0.4) is 0 Å². The van der Waals surface area contributed by atoms with Crippen molar-refractivity contribution in [2.75, 3.05) is 6.54 Å². The fourth-order valence-electron chi connectivity index (χ4n) is 3.40. The van der Waals surface area contributed by atoms with Gasteiger partial charge in [-0.25, -0.2) is 0 Å². The van der Waals surface area contributed by atoms with Gasteiger partial charge in [-0.1, -0.05) is 12.1 Å². The molecule has 1 aromatic carbocycles. The van der Waals surface area contributed by atoms with Gasteiger partial charge >= 0.3 is 0 Å². The van der Waals surface area contributed by atoms with Gasteiger partial charge in [0.15, 0.2) is 0 Å². The molecule has 2 aromatic heterocycles. The number of nitrogens with zero attached hydrogens (tertiary/aromatic N) is 3. The molecule has 8 nitrogen and oxygen atoms in total. The maximum absolute atomic E-state index is 12.7. The minimum absolute atomic E-state index is 0.0419. The SMILES string of the molecule is NC(=O)C(CCc1cccnc1)(NCCc1cccnc1)c1ccc([N+](=O)[O-])cc1. The van der Waals surface area contributed by atoms with E-state index in [1.807, 2.05) is 24.3 Å². The number of amides is 1. The molecule has 0 aliphatic heterocycles. The van der Waals surface area contributed by atoms with Crippen LogP contribution < -0.4 is 11.1 Å². The van der Waals surface area contributed by atoms with Gasteiger partial charge in [-0.3, -0.25) is 30.2 Å². The molecule has 0 spiro atoms. The number of non-ortho nitro benzene ring substituents is 1. The Balaban J connectivity index is 1.87. The zero-order valence-corrected chi connectivity index (χ0v) is 16.4. The number of hydrogen-bond donors (Lipinski definition) is 2. The van der Waals surface area contributed by atoms with E-state index in [0.717, 1.165) is 11.1 Å². The molecule has 0 aliphatic rings. The number of aryl methyl sites for hydroxylation is 1. The summed E-state index contributed by atoms with van der Waals surface area (Å²) in [6.45, 7) is 0.485. The first kappa shape index (κ1) is 21.1. The summed E-state index contributed by atoms with van der Waals surface area (Å²) in [5, 5.41) is 14.3. The molecular weight excluding hydrogens is 382 g/mol. The topological polar surface area (TPSA) is 124 Å². The summed E-state index contributed by atoms with van der Waals surface area (Å²) >= 11 is 0. The second-order valence-electron chi connectivity index (χ2n) is 6.97. The molecule has 1 atom stereocenters. The van der Waals surface area contributed by atoms with Crippen molar-refractivity contribution < 1.29 is 9.72 Å². The number of hydrogen-bond acceptors (Lipinski definition) is 6. The van der Waals surface area contributed by atoms with E-state index >= 15 is 0 Å². The lowest BCUT2D eigenvalue weighted by molar-refractivity contribution is -0.384. The van der Waals surface area contributed by atoms with Crippen LogP contribution in [0.15, 0.2) is 73.3 Å². The number of nitrogens with two attached hydrogens (primary N) is 1. The third kappa shape index (κ3) is 5.03. The third-order valence-corrected chi connectivity index (χ3v) is 5.07. The van der Waals surface area contributed by atoms with Crippen LogP contribution in [-0.2, 0) is 23.2 Å². The Hall–Kier alpha value is -3.65. The van der Waals surface area contributed by atoms with E-state index in [4.69, 9.17) is 5.73 Å². The first-order valence-corrected chi connectivity index (χ1v) is 9.59. The molecule has 30 heavy (non-hydrogen) atoms. The van der Waals surface area contributed by atoms with Gasteiger partial charge < -0.3 is 5.73 Å². The summed E-state index contributed by atoms with van der Waals surface area (Å²) < 4.78 is 0. The Morgan fingerprint density at radius 2 is 1.60 bits per heavy atom. The van der Waals surface area contributed by atoms with Crippen molar-refractivity contribution in [2.45, 2.75) is 24.8 Å². The van der Waals surface area contributed by atoms with Gasteiger partial charge in [0.2, 0.25) is 5.91 Å². The van der Waals surface area contributed by atoms with E-state index in [9.17, 15) is 14.9 Å². The zero-order valence-electron chi connectivity index (χ0n) is 16.4. The van der Waals surface area contributed by atoms with Gasteiger partial charge in [-0.15, -0.1) is 0 Å². The number of primary amides is 1. The smallest absolute Gasteiger partial charge is 0.269 e. The minimum Gasteiger partial charge on any atom is -0.368 e. The normalized spacial score (nSPS) is 12.8. The van der Waals surface area contributed by atoms with Crippen LogP contribution in [0, 0.1) is 10.1 Å². The third-order valence-electron chi connectivity index (χ3n) is 5.07. The van der Waals surface area contributed by atoms with Crippen LogP contribution in [0.5, 0.6) is 0 Å². The number of nitro groups is 1. The number of pyridine rings is 2. The van der Waals surface area contributed by atoms with Crippen LogP contribution in [0.4, 0.5) is 5.69 Å². The second kappa shape index (κ2) is 9.71. The average Bonchev–Trinajstić information content (AvgIpc) is 2.77. The van der Waals surface area contributed by atoms with Crippen molar-refractivity contribution in [2.24, 2.45) is 5.73 Å². The molecule has 154 valence electrons. The van der Waals surface area contributed by atoms with Crippen molar-refractivity contribution >= 4 is 11.6 Å². The Labute approximate surface area is 174 Å². The van der Waals surface area contributed by atoms with Crippen molar-refractivity contribution in [1.29, 1.82) is 0 Å².